The molecule has 0 saturated carbocycles. The molecule has 0 radical (unpaired) electrons. The first-order chi connectivity index (χ1) is 11.6. The lowest BCUT2D eigenvalue weighted by molar-refractivity contribution is -0.143. The molecule has 1 spiro atoms. The van der Waals surface area contributed by atoms with Crippen LogP contribution in [0.2, 0.25) is 0 Å². The van der Waals surface area contributed by atoms with Gasteiger partial charge in [0.05, 0.1) is 11.3 Å². The summed E-state index contributed by atoms with van der Waals surface area (Å²) >= 11 is 0. The Labute approximate surface area is 138 Å². The molecule has 122 valence electrons. The largest absolute Gasteiger partial charge is 0.299 e. The van der Waals surface area contributed by atoms with Gasteiger partial charge in [-0.3, -0.25) is 29.4 Å². The maximum Gasteiger partial charge on any atom is 0.230 e. The number of nitrogens with zero attached hydrogens (tertiary/aromatic N) is 1. The van der Waals surface area contributed by atoms with Crippen molar-refractivity contribution >= 4 is 24.0 Å². The van der Waals surface area contributed by atoms with Gasteiger partial charge in [0.25, 0.3) is 0 Å². The number of hydrogen-bond donors (Lipinski definition) is 1. The van der Waals surface area contributed by atoms with Gasteiger partial charge in [0, 0.05) is 30.7 Å². The third-order valence-electron chi connectivity index (χ3n) is 5.34. The van der Waals surface area contributed by atoms with Crippen LogP contribution in [-0.4, -0.2) is 28.9 Å². The Morgan fingerprint density at radius 3 is 2.83 bits per heavy atom. The predicted molar refractivity (Wildman–Crippen MR) is 83.8 cm³/mol. The zero-order valence-electron chi connectivity index (χ0n) is 12.9. The molecule has 6 heteroatoms. The summed E-state index contributed by atoms with van der Waals surface area (Å²) in [6.07, 6.45) is 12.4. The number of carbonyl (C=O) groups excluding carboxylic acids is 4. The number of piperidine rings is 1. The van der Waals surface area contributed by atoms with E-state index in [4.69, 9.17) is 0 Å². The molecular formula is C18H16N2O4. The van der Waals surface area contributed by atoms with Gasteiger partial charge < -0.3 is 0 Å². The van der Waals surface area contributed by atoms with Crippen LogP contribution in [0, 0.1) is 17.3 Å². The van der Waals surface area contributed by atoms with Crippen molar-refractivity contribution in [3.63, 3.8) is 0 Å². The van der Waals surface area contributed by atoms with Gasteiger partial charge in [0.1, 0.15) is 5.78 Å². The molecule has 0 aromatic rings. The monoisotopic (exact) mass is 324 g/mol. The molecule has 1 N–H and O–H groups in total. The van der Waals surface area contributed by atoms with E-state index in [1.54, 1.807) is 12.3 Å². The van der Waals surface area contributed by atoms with Gasteiger partial charge in [0.2, 0.25) is 18.2 Å². The number of amides is 3. The molecule has 6 nitrogen and oxygen atoms in total. The zero-order chi connectivity index (χ0) is 16.9. The van der Waals surface area contributed by atoms with Crippen LogP contribution >= 0.6 is 0 Å². The molecular weight excluding hydrogens is 308 g/mol. The van der Waals surface area contributed by atoms with Crippen molar-refractivity contribution in [3.8, 4) is 0 Å². The van der Waals surface area contributed by atoms with Crippen molar-refractivity contribution in [2.45, 2.75) is 19.3 Å². The number of carbonyl (C=O) groups is 4. The van der Waals surface area contributed by atoms with E-state index in [0.717, 1.165) is 17.7 Å². The van der Waals surface area contributed by atoms with Gasteiger partial charge in [-0.25, -0.2) is 0 Å². The maximum absolute atomic E-state index is 12.8. The highest BCUT2D eigenvalue weighted by Crippen LogP contribution is 2.57. The maximum atomic E-state index is 12.8. The Morgan fingerprint density at radius 2 is 2.08 bits per heavy atom. The first-order valence-electron chi connectivity index (χ1n) is 7.97. The van der Waals surface area contributed by atoms with E-state index in [1.165, 1.54) is 4.90 Å². The topological polar surface area (TPSA) is 83.6 Å². The number of hydrogen-bond acceptors (Lipinski definition) is 4. The van der Waals surface area contributed by atoms with Crippen LogP contribution in [-0.2, 0) is 19.2 Å². The molecule has 2 heterocycles. The van der Waals surface area contributed by atoms with Crippen LogP contribution in [0.1, 0.15) is 19.3 Å². The molecule has 4 aliphatic rings. The van der Waals surface area contributed by atoms with Crippen LogP contribution in [0.25, 0.3) is 0 Å². The lowest BCUT2D eigenvalue weighted by Crippen LogP contribution is -2.52. The molecule has 4 rings (SSSR count). The average Bonchev–Trinajstić information content (AvgIpc) is 2.90. The second kappa shape index (κ2) is 5.12. The van der Waals surface area contributed by atoms with Crippen molar-refractivity contribution in [2.24, 2.45) is 17.3 Å². The van der Waals surface area contributed by atoms with Gasteiger partial charge in [-0.1, -0.05) is 30.4 Å². The fourth-order valence-corrected chi connectivity index (χ4v) is 4.37. The SMILES string of the molecule is O=CN1C=C2C=CC=CC23C1=CCC(=O)C3C1CCC(=O)NC1=O. The molecule has 2 aliphatic heterocycles. The van der Waals surface area contributed by atoms with Crippen molar-refractivity contribution in [2.75, 3.05) is 0 Å². The number of nitrogens with one attached hydrogen (secondary N) is 1. The molecule has 3 atom stereocenters. The Balaban J connectivity index is 1.85. The third-order valence-corrected chi connectivity index (χ3v) is 5.34. The van der Waals surface area contributed by atoms with Crippen LogP contribution in [0.4, 0.5) is 0 Å². The summed E-state index contributed by atoms with van der Waals surface area (Å²) in [7, 11) is 0. The highest BCUT2D eigenvalue weighted by atomic mass is 16.2. The molecule has 0 bridgehead atoms. The van der Waals surface area contributed by atoms with Crippen molar-refractivity contribution < 1.29 is 19.2 Å². The van der Waals surface area contributed by atoms with E-state index >= 15 is 0 Å². The van der Waals surface area contributed by atoms with Gasteiger partial charge in [-0.05, 0) is 12.0 Å². The smallest absolute Gasteiger partial charge is 0.230 e. The Kier molecular flexibility index (Phi) is 3.16. The lowest BCUT2D eigenvalue weighted by atomic mass is 9.58. The van der Waals surface area contributed by atoms with E-state index in [1.807, 2.05) is 24.3 Å². The van der Waals surface area contributed by atoms with Crippen LogP contribution in [0.3, 0.4) is 0 Å². The Bertz CT molecular complexity index is 789. The summed E-state index contributed by atoms with van der Waals surface area (Å²) in [6.45, 7) is 0. The van der Waals surface area contributed by atoms with E-state index < -0.39 is 23.2 Å². The second-order valence-corrected chi connectivity index (χ2v) is 6.48. The summed E-state index contributed by atoms with van der Waals surface area (Å²) in [4.78, 5) is 49.6. The molecule has 3 amide bonds. The van der Waals surface area contributed by atoms with E-state index in [0.29, 0.717) is 6.42 Å². The summed E-state index contributed by atoms with van der Waals surface area (Å²) in [5.41, 5.74) is 0.751. The molecule has 2 aliphatic carbocycles. The summed E-state index contributed by atoms with van der Waals surface area (Å²) in [5, 5.41) is 2.35. The first-order valence-corrected chi connectivity index (χ1v) is 7.97. The van der Waals surface area contributed by atoms with Gasteiger partial charge in [-0.2, -0.15) is 0 Å². The van der Waals surface area contributed by atoms with Crippen LogP contribution in [0.5, 0.6) is 0 Å². The molecule has 3 unspecified atom stereocenters. The third kappa shape index (κ3) is 1.82. The molecule has 0 aromatic carbocycles. The fraction of sp³-hybridized carbons (Fsp3) is 0.333. The molecule has 0 aromatic heterocycles. The summed E-state index contributed by atoms with van der Waals surface area (Å²) < 4.78 is 0. The van der Waals surface area contributed by atoms with E-state index in [-0.39, 0.29) is 24.5 Å². The van der Waals surface area contributed by atoms with E-state index in [2.05, 4.69) is 5.32 Å². The molecule has 24 heavy (non-hydrogen) atoms. The Hall–Kier alpha value is -2.76. The fourth-order valence-electron chi connectivity index (χ4n) is 4.37. The van der Waals surface area contributed by atoms with Crippen molar-refractivity contribution in [1.82, 2.24) is 10.2 Å². The van der Waals surface area contributed by atoms with Crippen LogP contribution in [0.15, 0.2) is 47.9 Å². The highest BCUT2D eigenvalue weighted by molar-refractivity contribution is 6.02. The van der Waals surface area contributed by atoms with Gasteiger partial charge in [-0.15, -0.1) is 0 Å². The second-order valence-electron chi connectivity index (χ2n) is 6.48. The van der Waals surface area contributed by atoms with Crippen LogP contribution < -0.4 is 5.32 Å². The molecule has 1 saturated heterocycles. The normalized spacial score (nSPS) is 34.3. The summed E-state index contributed by atoms with van der Waals surface area (Å²) in [6, 6.07) is 0. The average molecular weight is 324 g/mol. The van der Waals surface area contributed by atoms with Gasteiger partial charge in [0.15, 0.2) is 0 Å². The number of Topliss-reactive ketones (excluding diaryl/α,β-unsaturated/α-hetero) is 1. The summed E-state index contributed by atoms with van der Waals surface area (Å²) in [5.74, 6) is -1.92. The predicted octanol–water partition coefficient (Wildman–Crippen LogP) is 0.980. The minimum Gasteiger partial charge on any atom is -0.299 e. The molecule has 1 fully saturated rings. The number of ketones is 1. The number of rotatable bonds is 2. The number of imide groups is 1. The quantitative estimate of drug-likeness (QED) is 0.606. The standard InChI is InChI=1S/C18H16N2O4/c21-10-20-9-11-3-1-2-8-18(11)14(20)6-5-13(22)16(18)12-4-7-15(23)19-17(12)24/h1-3,6,8-10,12,16H,4-5,7H2,(H,19,23,24). The van der Waals surface area contributed by atoms with Crippen molar-refractivity contribution in [3.05, 3.63) is 47.9 Å². The first kappa shape index (κ1) is 14.8. The zero-order valence-corrected chi connectivity index (χ0v) is 12.9. The lowest BCUT2D eigenvalue weighted by Gasteiger charge is -2.44. The minimum atomic E-state index is -0.798. The van der Waals surface area contributed by atoms with E-state index in [9.17, 15) is 19.2 Å². The van der Waals surface area contributed by atoms with Gasteiger partial charge >= 0.3 is 0 Å². The minimum absolute atomic E-state index is 0.0353. The Morgan fingerprint density at radius 1 is 1.25 bits per heavy atom. The number of allylic oxidation sites excluding steroid dienone is 5. The highest BCUT2D eigenvalue weighted by Gasteiger charge is 2.57. The van der Waals surface area contributed by atoms with Crippen molar-refractivity contribution in [1.29, 1.82) is 0 Å².